The van der Waals surface area contributed by atoms with Crippen molar-refractivity contribution in [1.82, 2.24) is 0 Å². The zero-order valence-electron chi connectivity index (χ0n) is 33.0. The molecule has 0 amide bonds. The molecule has 0 radical (unpaired) electrons. The molecule has 0 aromatic heterocycles. The number of hydrogen-bond donors (Lipinski definition) is 3. The number of rotatable bonds is 14. The van der Waals surface area contributed by atoms with E-state index in [2.05, 4.69) is 4.90 Å². The van der Waals surface area contributed by atoms with E-state index in [4.69, 9.17) is 0 Å². The van der Waals surface area contributed by atoms with Crippen LogP contribution in [-0.4, -0.2) is 68.1 Å². The van der Waals surface area contributed by atoms with Crippen molar-refractivity contribution in [2.24, 2.45) is 5.92 Å². The zero-order valence-corrected chi connectivity index (χ0v) is 35.4. The van der Waals surface area contributed by atoms with Gasteiger partial charge in [0, 0.05) is 64.3 Å². The van der Waals surface area contributed by atoms with Crippen LogP contribution in [0.25, 0.3) is 10.8 Å². The lowest BCUT2D eigenvalue weighted by Gasteiger charge is -2.27. The van der Waals surface area contributed by atoms with E-state index in [0.29, 0.717) is 47.6 Å². The highest BCUT2D eigenvalue weighted by molar-refractivity contribution is 7.87. The highest BCUT2D eigenvalue weighted by Crippen LogP contribution is 2.51. The zero-order chi connectivity index (χ0) is 41.8. The second-order valence-corrected chi connectivity index (χ2v) is 20.0. The fraction of sp³-hybridized carbons (Fsp3) is 0.415. The molecule has 15 heteroatoms. The molecule has 0 unspecified atom stereocenters. The third kappa shape index (κ3) is 8.20. The van der Waals surface area contributed by atoms with Crippen molar-refractivity contribution in [3.63, 3.8) is 0 Å². The molecule has 2 heterocycles. The summed E-state index contributed by atoms with van der Waals surface area (Å²) in [5, 5.41) is 0.368. The Morgan fingerprint density at radius 3 is 2.04 bits per heavy atom. The summed E-state index contributed by atoms with van der Waals surface area (Å²) in [4.78, 5) is 12.9. The van der Waals surface area contributed by atoms with Crippen LogP contribution in [0.15, 0.2) is 87.2 Å². The van der Waals surface area contributed by atoms with Gasteiger partial charge in [-0.3, -0.25) is 18.5 Å². The number of aryl methyl sites for hydroxylation is 1. The minimum Gasteiger partial charge on any atom is -0.344 e. The molecule has 2 aliphatic rings. The Morgan fingerprint density at radius 2 is 1.45 bits per heavy atom. The second-order valence-electron chi connectivity index (χ2n) is 15.8. The molecule has 0 aliphatic carbocycles. The van der Waals surface area contributed by atoms with Crippen LogP contribution in [0.3, 0.4) is 0 Å². The maximum Gasteiger partial charge on any atom is 0.295 e. The van der Waals surface area contributed by atoms with Gasteiger partial charge in [-0.05, 0) is 87.9 Å². The van der Waals surface area contributed by atoms with Crippen LogP contribution in [0.5, 0.6) is 0 Å². The van der Waals surface area contributed by atoms with Gasteiger partial charge in [-0.1, -0.05) is 52.3 Å². The first-order valence-electron chi connectivity index (χ1n) is 18.5. The first kappa shape index (κ1) is 43.1. The molecule has 2 aliphatic heterocycles. The van der Waals surface area contributed by atoms with Crippen molar-refractivity contribution in [2.75, 3.05) is 18.0 Å². The van der Waals surface area contributed by atoms with Gasteiger partial charge in [0.2, 0.25) is 5.69 Å². The van der Waals surface area contributed by atoms with Crippen LogP contribution in [0.1, 0.15) is 90.8 Å². The summed E-state index contributed by atoms with van der Waals surface area (Å²) in [5.41, 5.74) is 3.30. The van der Waals surface area contributed by atoms with E-state index in [0.717, 1.165) is 36.7 Å². The number of nitrogens with zero attached hydrogens (tertiary/aromatic N) is 2. The van der Waals surface area contributed by atoms with E-state index >= 15 is 0 Å². The number of anilines is 1. The fourth-order valence-electron chi connectivity index (χ4n) is 8.15. The molecule has 0 fully saturated rings. The Balaban J connectivity index is 1.52. The molecule has 3 aromatic rings. The van der Waals surface area contributed by atoms with E-state index in [1.54, 1.807) is 13.0 Å². The minimum atomic E-state index is -4.87. The lowest BCUT2D eigenvalue weighted by atomic mass is 9.79. The van der Waals surface area contributed by atoms with Crippen molar-refractivity contribution in [3.8, 4) is 0 Å². The number of fused-ring (bicyclic) bond motifs is 4. The highest BCUT2D eigenvalue weighted by Gasteiger charge is 2.46. The normalized spacial score (nSPS) is 17.6. The smallest absolute Gasteiger partial charge is 0.295 e. The van der Waals surface area contributed by atoms with Crippen molar-refractivity contribution in [1.29, 1.82) is 0 Å². The Labute approximate surface area is 330 Å². The predicted octanol–water partition coefficient (Wildman–Crippen LogP) is 7.86. The molecular weight excluding hydrogens is 777 g/mol. The summed E-state index contributed by atoms with van der Waals surface area (Å²) in [7, 11) is -14.2. The topological polar surface area (TPSA) is 186 Å². The molecule has 0 bridgehead atoms. The number of Topliss-reactive ketones (excluding diaryl/α,β-unsaturated/α-hetero) is 1. The molecule has 0 atom stereocenters. The van der Waals surface area contributed by atoms with Gasteiger partial charge in [0.15, 0.2) is 5.71 Å². The van der Waals surface area contributed by atoms with E-state index in [-0.39, 0.29) is 27.4 Å². The van der Waals surface area contributed by atoms with Crippen molar-refractivity contribution in [3.05, 3.63) is 89.2 Å². The van der Waals surface area contributed by atoms with Gasteiger partial charge >= 0.3 is 0 Å². The van der Waals surface area contributed by atoms with E-state index in [9.17, 15) is 43.7 Å². The van der Waals surface area contributed by atoms with Gasteiger partial charge in [0.25, 0.3) is 30.4 Å². The minimum absolute atomic E-state index is 0.0146. The average molecular weight is 828 g/mol. The van der Waals surface area contributed by atoms with Crippen molar-refractivity contribution >= 4 is 64.0 Å². The Hall–Kier alpha value is -3.99. The first-order valence-corrected chi connectivity index (χ1v) is 22.8. The van der Waals surface area contributed by atoms with Crippen LogP contribution in [0, 0.1) is 12.8 Å². The third-order valence-corrected chi connectivity index (χ3v) is 13.4. The fourth-order valence-corrected chi connectivity index (χ4v) is 10.4. The van der Waals surface area contributed by atoms with Crippen LogP contribution in [0.2, 0.25) is 0 Å². The molecule has 0 spiro atoms. The number of carbonyl (C=O) groups excluding carboxylic acids is 1. The van der Waals surface area contributed by atoms with Gasteiger partial charge in [0.05, 0.1) is 10.3 Å². The van der Waals surface area contributed by atoms with Gasteiger partial charge in [0.1, 0.15) is 22.1 Å². The number of allylic oxidation sites excluding steroid dienone is 6. The predicted molar refractivity (Wildman–Crippen MR) is 218 cm³/mol. The molecule has 56 heavy (non-hydrogen) atoms. The van der Waals surface area contributed by atoms with Crippen LogP contribution >= 0.6 is 0 Å². The lowest BCUT2D eigenvalue weighted by molar-refractivity contribution is -0.433. The van der Waals surface area contributed by atoms with Gasteiger partial charge in [-0.15, -0.1) is 0 Å². The number of carbonyl (C=O) groups is 1. The van der Waals surface area contributed by atoms with Gasteiger partial charge in [-0.2, -0.15) is 29.8 Å². The Morgan fingerprint density at radius 1 is 0.786 bits per heavy atom. The maximum absolute atomic E-state index is 12.6. The van der Waals surface area contributed by atoms with E-state index < -0.39 is 51.0 Å². The molecule has 12 nitrogen and oxygen atoms in total. The largest absolute Gasteiger partial charge is 0.344 e. The summed E-state index contributed by atoms with van der Waals surface area (Å²) in [6.07, 6.45) is 12.2. The SMILES string of the molecule is CC[N+]1=C(/C=C/C=C/C=C2/N(CCCCCC(=O)C(C)C)c3cc(C)cc(S(=O)(=O)O)c3C2(C)C)C(C)(C)c2c1ccc1c(S(=O)(=O)O)cc(S(=O)(=O)O)cc21. The van der Waals surface area contributed by atoms with E-state index in [1.807, 2.05) is 89.5 Å². The second kappa shape index (κ2) is 15.4. The Kier molecular flexibility index (Phi) is 11.9. The molecule has 3 aromatic carbocycles. The molecule has 3 N–H and O–H groups in total. The Bertz CT molecular complexity index is 2580. The molecule has 302 valence electrons. The summed E-state index contributed by atoms with van der Waals surface area (Å²) in [6, 6.07) is 8.62. The average Bonchev–Trinajstić information content (AvgIpc) is 3.43. The summed E-state index contributed by atoms with van der Waals surface area (Å²) >= 11 is 0. The number of ketones is 1. The highest BCUT2D eigenvalue weighted by atomic mass is 32.2. The third-order valence-electron chi connectivity index (χ3n) is 10.8. The van der Waals surface area contributed by atoms with Gasteiger partial charge < -0.3 is 4.90 Å². The van der Waals surface area contributed by atoms with Gasteiger partial charge in [-0.25, -0.2) is 0 Å². The standard InChI is InChI=1S/C41H50N2O10S3/c1-9-42-31-20-19-29-30(24-28(54(45,46)47)25-34(29)55(48,49)50)38(31)40(5,6)36(42)17-13-10-14-18-37-41(7,8)39-32(22-27(4)23-35(39)56(51,52)53)43(37)21-15-11-12-16-33(44)26(2)3/h10,13-14,17-20,22-26H,9,11-12,15-16,21H2,1-8H3,(H2-,45,46,47,48,49,50,51,52,53)/p+1. The van der Waals surface area contributed by atoms with Crippen molar-refractivity contribution < 1.29 is 48.3 Å². The lowest BCUT2D eigenvalue weighted by Crippen LogP contribution is -2.27. The summed E-state index contributed by atoms with van der Waals surface area (Å²) < 4.78 is 107. The van der Waals surface area contributed by atoms with Crippen molar-refractivity contribution in [2.45, 2.75) is 107 Å². The number of hydrogen-bond acceptors (Lipinski definition) is 8. The maximum atomic E-state index is 12.6. The molecule has 0 saturated heterocycles. The van der Waals surface area contributed by atoms with Crippen LogP contribution < -0.4 is 4.90 Å². The summed E-state index contributed by atoms with van der Waals surface area (Å²) in [5.74, 6) is 0.208. The summed E-state index contributed by atoms with van der Waals surface area (Å²) in [6.45, 7) is 16.3. The number of benzene rings is 3. The van der Waals surface area contributed by atoms with Crippen LogP contribution in [-0.2, 0) is 46.0 Å². The number of unbranched alkanes of at least 4 members (excludes halogenated alkanes) is 2. The monoisotopic (exact) mass is 827 g/mol. The van der Waals surface area contributed by atoms with Crippen LogP contribution in [0.4, 0.5) is 11.4 Å². The quantitative estimate of drug-likeness (QED) is 0.0622. The molecular formula is C41H51N2O10S3+. The molecule has 0 saturated carbocycles. The van der Waals surface area contributed by atoms with E-state index in [1.165, 1.54) is 18.2 Å². The molecule has 5 rings (SSSR count). The first-order chi connectivity index (χ1) is 25.8.